The van der Waals surface area contributed by atoms with E-state index in [0.29, 0.717) is 49.5 Å². The van der Waals surface area contributed by atoms with E-state index in [2.05, 4.69) is 14.9 Å². The summed E-state index contributed by atoms with van der Waals surface area (Å²) >= 11 is 0. The molecule has 3 heterocycles. The highest BCUT2D eigenvalue weighted by Gasteiger charge is 2.32. The Morgan fingerprint density at radius 1 is 1.30 bits per heavy atom. The largest absolute Gasteiger partial charge is 0.366 e. The average Bonchev–Trinajstić information content (AvgIpc) is 2.68. The molecule has 1 aromatic heterocycles. The van der Waals surface area contributed by atoms with Gasteiger partial charge >= 0.3 is 0 Å². The average molecular weight is 371 g/mol. The summed E-state index contributed by atoms with van der Waals surface area (Å²) < 4.78 is 5.72. The number of carbonyl (C=O) groups is 1. The molecule has 0 saturated carbocycles. The quantitative estimate of drug-likeness (QED) is 0.791. The molecule has 0 spiro atoms. The Kier molecular flexibility index (Phi) is 5.20. The van der Waals surface area contributed by atoms with E-state index in [4.69, 9.17) is 10.5 Å². The molecule has 0 aliphatic carbocycles. The number of H-pyrrole nitrogens is 1. The number of aromatic amines is 1. The first-order valence-corrected chi connectivity index (χ1v) is 9.46. The molecule has 4 rings (SSSR count). The summed E-state index contributed by atoms with van der Waals surface area (Å²) in [4.78, 5) is 36.3. The first-order valence-electron chi connectivity index (χ1n) is 9.46. The van der Waals surface area contributed by atoms with Gasteiger partial charge in [0.1, 0.15) is 11.9 Å². The van der Waals surface area contributed by atoms with E-state index < -0.39 is 6.10 Å². The molecule has 2 aromatic rings. The molecule has 27 heavy (non-hydrogen) atoms. The van der Waals surface area contributed by atoms with Crippen LogP contribution in [0, 0.1) is 0 Å². The third kappa shape index (κ3) is 4.02. The lowest BCUT2D eigenvalue weighted by Crippen LogP contribution is -2.54. The normalized spacial score (nSPS) is 24.3. The van der Waals surface area contributed by atoms with Gasteiger partial charge in [0.25, 0.3) is 11.5 Å². The third-order valence-electron chi connectivity index (χ3n) is 5.23. The van der Waals surface area contributed by atoms with Crippen LogP contribution < -0.4 is 11.3 Å². The van der Waals surface area contributed by atoms with Crippen LogP contribution in [0.3, 0.4) is 0 Å². The van der Waals surface area contributed by atoms with Crippen LogP contribution in [0.5, 0.6) is 0 Å². The number of nitrogens with one attached hydrogen (secondary N) is 1. The van der Waals surface area contributed by atoms with Gasteiger partial charge in [0, 0.05) is 32.2 Å². The number of carbonyl (C=O) groups excluding carboxylic acids is 1. The Morgan fingerprint density at radius 3 is 3.00 bits per heavy atom. The summed E-state index contributed by atoms with van der Waals surface area (Å²) in [6.45, 7) is 3.48. The molecule has 8 nitrogen and oxygen atoms in total. The minimum Gasteiger partial charge on any atom is -0.366 e. The van der Waals surface area contributed by atoms with E-state index in [1.807, 2.05) is 23.1 Å². The standard InChI is InChI=1S/C19H25N5O3/c20-13-4-3-7-24(10-13)19(26)16-11-23(8-9-27-16)12-17-21-15-6-2-1-5-14(15)18(25)22-17/h1-2,5-6,13,16H,3-4,7-12,20H2,(H,21,22,25)/t13-,16-/m1/s1. The molecule has 2 fully saturated rings. The summed E-state index contributed by atoms with van der Waals surface area (Å²) in [5, 5.41) is 0.581. The number of likely N-dealkylation sites (tertiary alicyclic amines) is 1. The Hall–Kier alpha value is -2.29. The van der Waals surface area contributed by atoms with Gasteiger partial charge in [-0.1, -0.05) is 12.1 Å². The van der Waals surface area contributed by atoms with Gasteiger partial charge in [-0.25, -0.2) is 4.98 Å². The highest BCUT2D eigenvalue weighted by atomic mass is 16.5. The second kappa shape index (κ2) is 7.75. The Morgan fingerprint density at radius 2 is 2.15 bits per heavy atom. The predicted octanol–water partition coefficient (Wildman–Crippen LogP) is 0.0736. The van der Waals surface area contributed by atoms with Crippen LogP contribution in [0.4, 0.5) is 0 Å². The van der Waals surface area contributed by atoms with Gasteiger partial charge in [0.2, 0.25) is 0 Å². The lowest BCUT2D eigenvalue weighted by atomic mass is 10.1. The second-order valence-electron chi connectivity index (χ2n) is 7.31. The van der Waals surface area contributed by atoms with Crippen molar-refractivity contribution in [2.45, 2.75) is 31.5 Å². The zero-order valence-corrected chi connectivity index (χ0v) is 15.3. The first kappa shape index (κ1) is 18.1. The number of para-hydroxylation sites is 1. The lowest BCUT2D eigenvalue weighted by molar-refractivity contribution is -0.151. The van der Waals surface area contributed by atoms with Gasteiger partial charge in [-0.2, -0.15) is 0 Å². The van der Waals surface area contributed by atoms with Crippen LogP contribution in [-0.4, -0.2) is 70.6 Å². The minimum absolute atomic E-state index is 0.00909. The van der Waals surface area contributed by atoms with Crippen molar-refractivity contribution < 1.29 is 9.53 Å². The number of morpholine rings is 1. The molecule has 0 unspecified atom stereocenters. The fourth-order valence-corrected chi connectivity index (χ4v) is 3.83. The van der Waals surface area contributed by atoms with Crippen molar-refractivity contribution in [1.82, 2.24) is 19.8 Å². The van der Waals surface area contributed by atoms with E-state index in [1.54, 1.807) is 6.07 Å². The summed E-state index contributed by atoms with van der Waals surface area (Å²) in [7, 11) is 0. The summed E-state index contributed by atoms with van der Waals surface area (Å²) in [6, 6.07) is 7.33. The van der Waals surface area contributed by atoms with Crippen LogP contribution in [0.1, 0.15) is 18.7 Å². The second-order valence-corrected chi connectivity index (χ2v) is 7.31. The summed E-state index contributed by atoms with van der Waals surface area (Å²) in [5.41, 5.74) is 6.53. The maximum absolute atomic E-state index is 12.8. The fraction of sp³-hybridized carbons (Fsp3) is 0.526. The molecule has 2 aliphatic heterocycles. The highest BCUT2D eigenvalue weighted by Crippen LogP contribution is 2.15. The van der Waals surface area contributed by atoms with Gasteiger partial charge in [-0.3, -0.25) is 14.5 Å². The molecule has 1 aromatic carbocycles. The SMILES string of the molecule is N[C@@H]1CCCN(C(=O)[C@H]2CN(Cc3nc4ccccc4c(=O)[nH]3)CCO2)C1. The van der Waals surface area contributed by atoms with E-state index in [0.717, 1.165) is 19.4 Å². The van der Waals surface area contributed by atoms with Crippen LogP contribution in [-0.2, 0) is 16.1 Å². The number of benzene rings is 1. The summed E-state index contributed by atoms with van der Waals surface area (Å²) in [6.07, 6.45) is 1.41. The zero-order chi connectivity index (χ0) is 18.8. The van der Waals surface area contributed by atoms with Crippen molar-refractivity contribution in [1.29, 1.82) is 0 Å². The Bertz CT molecular complexity index is 883. The van der Waals surface area contributed by atoms with Gasteiger partial charge in [-0.05, 0) is 25.0 Å². The molecule has 0 radical (unpaired) electrons. The molecule has 144 valence electrons. The van der Waals surface area contributed by atoms with E-state index >= 15 is 0 Å². The molecule has 2 atom stereocenters. The van der Waals surface area contributed by atoms with Crippen molar-refractivity contribution >= 4 is 16.8 Å². The Balaban J connectivity index is 1.44. The number of piperidine rings is 1. The molecule has 1 amide bonds. The van der Waals surface area contributed by atoms with Crippen LogP contribution >= 0.6 is 0 Å². The summed E-state index contributed by atoms with van der Waals surface area (Å²) in [5.74, 6) is 0.613. The van der Waals surface area contributed by atoms with Crippen molar-refractivity contribution in [3.63, 3.8) is 0 Å². The van der Waals surface area contributed by atoms with E-state index in [-0.39, 0.29) is 17.5 Å². The number of nitrogens with two attached hydrogens (primary N) is 1. The van der Waals surface area contributed by atoms with Crippen molar-refractivity contribution in [3.05, 3.63) is 40.4 Å². The molecule has 2 saturated heterocycles. The van der Waals surface area contributed by atoms with Gasteiger partial charge in [0.15, 0.2) is 0 Å². The zero-order valence-electron chi connectivity index (χ0n) is 15.3. The van der Waals surface area contributed by atoms with Crippen LogP contribution in [0.25, 0.3) is 10.9 Å². The highest BCUT2D eigenvalue weighted by molar-refractivity contribution is 5.81. The molecule has 2 aliphatic rings. The maximum atomic E-state index is 12.8. The predicted molar refractivity (Wildman–Crippen MR) is 101 cm³/mol. The number of nitrogens with zero attached hydrogens (tertiary/aromatic N) is 3. The van der Waals surface area contributed by atoms with Crippen molar-refractivity contribution in [2.24, 2.45) is 5.73 Å². The third-order valence-corrected chi connectivity index (χ3v) is 5.23. The number of rotatable bonds is 3. The van der Waals surface area contributed by atoms with Crippen LogP contribution in [0.2, 0.25) is 0 Å². The molecular weight excluding hydrogens is 346 g/mol. The van der Waals surface area contributed by atoms with Crippen molar-refractivity contribution in [2.75, 3.05) is 32.8 Å². The smallest absolute Gasteiger partial charge is 0.258 e. The molecular formula is C19H25N5O3. The van der Waals surface area contributed by atoms with E-state index in [9.17, 15) is 9.59 Å². The van der Waals surface area contributed by atoms with Crippen LogP contribution in [0.15, 0.2) is 29.1 Å². The maximum Gasteiger partial charge on any atom is 0.258 e. The topological polar surface area (TPSA) is 105 Å². The van der Waals surface area contributed by atoms with Crippen molar-refractivity contribution in [3.8, 4) is 0 Å². The van der Waals surface area contributed by atoms with Gasteiger partial charge < -0.3 is 20.4 Å². The minimum atomic E-state index is -0.490. The monoisotopic (exact) mass is 371 g/mol. The molecule has 3 N–H and O–H groups in total. The lowest BCUT2D eigenvalue weighted by Gasteiger charge is -2.37. The number of fused-ring (bicyclic) bond motifs is 1. The fourth-order valence-electron chi connectivity index (χ4n) is 3.83. The number of aromatic nitrogens is 2. The number of hydrogen-bond donors (Lipinski definition) is 2. The number of amides is 1. The molecule has 8 heteroatoms. The molecule has 0 bridgehead atoms. The number of hydrogen-bond acceptors (Lipinski definition) is 6. The first-order chi connectivity index (χ1) is 13.1. The van der Waals surface area contributed by atoms with Gasteiger partial charge in [0.05, 0.1) is 24.1 Å². The number of ether oxygens (including phenoxy) is 1. The Labute approximate surface area is 157 Å². The van der Waals surface area contributed by atoms with E-state index in [1.165, 1.54) is 0 Å². The van der Waals surface area contributed by atoms with Gasteiger partial charge in [-0.15, -0.1) is 0 Å².